The van der Waals surface area contributed by atoms with E-state index in [-0.39, 0.29) is 23.1 Å². The van der Waals surface area contributed by atoms with Gasteiger partial charge in [0.25, 0.3) is 5.69 Å². The lowest BCUT2D eigenvalue weighted by Gasteiger charge is -2.39. The van der Waals surface area contributed by atoms with Crippen LogP contribution < -0.4 is 19.7 Å². The second-order valence-corrected chi connectivity index (χ2v) is 12.0. The van der Waals surface area contributed by atoms with Gasteiger partial charge in [-0.05, 0) is 105 Å². The number of nitro benzene ring substituents is 1. The van der Waals surface area contributed by atoms with Gasteiger partial charge in [-0.25, -0.2) is 4.79 Å². The summed E-state index contributed by atoms with van der Waals surface area (Å²) in [6.07, 6.45) is 1.06. The predicted molar refractivity (Wildman–Crippen MR) is 174 cm³/mol. The Hall–Kier alpha value is -5.33. The van der Waals surface area contributed by atoms with Crippen molar-refractivity contribution in [3.8, 4) is 11.5 Å². The number of nitrogens with zero attached hydrogens (tertiary/aromatic N) is 3. The van der Waals surface area contributed by atoms with E-state index in [0.29, 0.717) is 55.7 Å². The molecular formula is C35H35F3N4O6. The Kier molecular flexibility index (Phi) is 9.78. The van der Waals surface area contributed by atoms with Crippen LogP contribution in [0.15, 0.2) is 78.5 Å². The maximum Gasteiger partial charge on any atom is 0.573 e. The first-order valence-corrected chi connectivity index (χ1v) is 15.3. The molecule has 1 N–H and O–H groups in total. The van der Waals surface area contributed by atoms with Crippen LogP contribution in [0.1, 0.15) is 49.3 Å². The van der Waals surface area contributed by atoms with Crippen molar-refractivity contribution in [1.82, 2.24) is 10.2 Å². The summed E-state index contributed by atoms with van der Waals surface area (Å²) in [5, 5.41) is 13.9. The van der Waals surface area contributed by atoms with Crippen molar-refractivity contribution < 1.29 is 37.2 Å². The van der Waals surface area contributed by atoms with Crippen LogP contribution in [0.4, 0.5) is 29.3 Å². The Morgan fingerprint density at radius 3 is 2.38 bits per heavy atom. The van der Waals surface area contributed by atoms with Gasteiger partial charge in [-0.3, -0.25) is 19.8 Å². The number of aryl methyl sites for hydroxylation is 1. The third-order valence-corrected chi connectivity index (χ3v) is 8.87. The van der Waals surface area contributed by atoms with Crippen molar-refractivity contribution in [3.05, 3.63) is 105 Å². The fourth-order valence-corrected chi connectivity index (χ4v) is 5.92. The van der Waals surface area contributed by atoms with E-state index in [4.69, 9.17) is 4.74 Å². The number of ether oxygens (including phenoxy) is 2. The first-order valence-electron chi connectivity index (χ1n) is 15.3. The minimum atomic E-state index is -4.81. The smallest absolute Gasteiger partial charge is 0.410 e. The molecule has 0 unspecified atom stereocenters. The monoisotopic (exact) mass is 664 g/mol. The lowest BCUT2D eigenvalue weighted by molar-refractivity contribution is -0.384. The molecule has 2 amide bonds. The standard InChI is InChI=1S/C35H35F3N4O6/c1-23-13-15-34(32(43)39-31(23)26-5-4-6-30(22-26)48-35(36,37)38)16-19-41(20-17-34)18-14-25-7-8-28(21-24(25)2)40(3)33(44)47-29-11-9-27(10-12-29)42(45)46/h4-12,14,18,21-22H,13,15-17,19-20H2,1-3H3,(H,39,43)/b18-14+. The quantitative estimate of drug-likeness (QED) is 0.202. The summed E-state index contributed by atoms with van der Waals surface area (Å²) in [6, 6.07) is 16.5. The number of amides is 2. The Bertz CT molecular complexity index is 1760. The van der Waals surface area contributed by atoms with Crippen LogP contribution in [0.25, 0.3) is 11.8 Å². The van der Waals surface area contributed by atoms with E-state index >= 15 is 0 Å². The number of allylic oxidation sites excluding steroid dienone is 1. The van der Waals surface area contributed by atoms with Gasteiger partial charge in [0.05, 0.1) is 10.3 Å². The molecular weight excluding hydrogens is 629 g/mol. The molecule has 0 aromatic heterocycles. The highest BCUT2D eigenvalue weighted by molar-refractivity contribution is 5.93. The van der Waals surface area contributed by atoms with Gasteiger partial charge in [0.1, 0.15) is 11.5 Å². The molecule has 3 aromatic rings. The second-order valence-electron chi connectivity index (χ2n) is 12.0. The van der Waals surface area contributed by atoms with Gasteiger partial charge in [0.2, 0.25) is 5.91 Å². The van der Waals surface area contributed by atoms with Gasteiger partial charge in [-0.15, -0.1) is 13.2 Å². The number of anilines is 1. The average Bonchev–Trinajstić information content (AvgIpc) is 3.16. The maximum atomic E-state index is 13.6. The molecule has 0 aliphatic carbocycles. The lowest BCUT2D eigenvalue weighted by Crippen LogP contribution is -2.46. The average molecular weight is 665 g/mol. The molecule has 10 nitrogen and oxygen atoms in total. The zero-order valence-electron chi connectivity index (χ0n) is 26.7. The Labute approximate surface area is 275 Å². The molecule has 1 fully saturated rings. The van der Waals surface area contributed by atoms with Gasteiger partial charge < -0.3 is 19.7 Å². The number of rotatable bonds is 7. The van der Waals surface area contributed by atoms with E-state index in [1.54, 1.807) is 19.2 Å². The number of benzene rings is 3. The molecule has 48 heavy (non-hydrogen) atoms. The largest absolute Gasteiger partial charge is 0.573 e. The Balaban J connectivity index is 1.17. The van der Waals surface area contributed by atoms with Gasteiger partial charge in [0, 0.05) is 49.2 Å². The fourth-order valence-electron chi connectivity index (χ4n) is 5.92. The molecule has 1 spiro atoms. The van der Waals surface area contributed by atoms with E-state index < -0.39 is 22.8 Å². The lowest BCUT2D eigenvalue weighted by atomic mass is 9.74. The number of likely N-dealkylation sites (tertiary alicyclic amines) is 1. The van der Waals surface area contributed by atoms with Crippen LogP contribution in [0.2, 0.25) is 0 Å². The number of non-ortho nitro benzene ring substituents is 1. The van der Waals surface area contributed by atoms with E-state index in [0.717, 1.165) is 16.7 Å². The van der Waals surface area contributed by atoms with Crippen LogP contribution in [0.3, 0.4) is 0 Å². The topological polar surface area (TPSA) is 114 Å². The van der Waals surface area contributed by atoms with Crippen molar-refractivity contribution in [2.24, 2.45) is 5.41 Å². The van der Waals surface area contributed by atoms with Gasteiger partial charge in [-0.1, -0.05) is 18.2 Å². The predicted octanol–water partition coefficient (Wildman–Crippen LogP) is 7.83. The molecule has 1 saturated heterocycles. The number of hydrogen-bond acceptors (Lipinski definition) is 7. The summed E-state index contributed by atoms with van der Waals surface area (Å²) in [7, 11) is 1.57. The summed E-state index contributed by atoms with van der Waals surface area (Å²) < 4.78 is 47.8. The summed E-state index contributed by atoms with van der Waals surface area (Å²) >= 11 is 0. The van der Waals surface area contributed by atoms with Crippen LogP contribution in [-0.2, 0) is 4.79 Å². The van der Waals surface area contributed by atoms with Gasteiger partial charge >= 0.3 is 12.5 Å². The number of halogens is 3. The molecule has 3 aromatic carbocycles. The zero-order valence-corrected chi connectivity index (χ0v) is 26.7. The fraction of sp³-hybridized carbons (Fsp3) is 0.314. The summed E-state index contributed by atoms with van der Waals surface area (Å²) in [6.45, 7) is 5.12. The first kappa shape index (κ1) is 34.0. The molecule has 0 bridgehead atoms. The molecule has 0 atom stereocenters. The third kappa shape index (κ3) is 7.96. The molecule has 13 heteroatoms. The zero-order chi connectivity index (χ0) is 34.6. The Morgan fingerprint density at radius 2 is 1.73 bits per heavy atom. The highest BCUT2D eigenvalue weighted by atomic mass is 19.4. The van der Waals surface area contributed by atoms with Crippen LogP contribution in [0, 0.1) is 22.5 Å². The first-order chi connectivity index (χ1) is 22.7. The summed E-state index contributed by atoms with van der Waals surface area (Å²) in [5.74, 6) is -0.273. The van der Waals surface area contributed by atoms with E-state index in [1.165, 1.54) is 47.4 Å². The number of piperidine rings is 1. The van der Waals surface area contributed by atoms with E-state index in [9.17, 15) is 32.9 Å². The molecule has 2 aliphatic heterocycles. The molecule has 2 aliphatic rings. The van der Waals surface area contributed by atoms with Gasteiger partial charge in [-0.2, -0.15) is 0 Å². The van der Waals surface area contributed by atoms with Crippen molar-refractivity contribution in [3.63, 3.8) is 0 Å². The molecule has 0 radical (unpaired) electrons. The third-order valence-electron chi connectivity index (χ3n) is 8.87. The normalized spacial score (nSPS) is 16.5. The van der Waals surface area contributed by atoms with Crippen molar-refractivity contribution in [1.29, 1.82) is 0 Å². The summed E-state index contributed by atoms with van der Waals surface area (Å²) in [4.78, 5) is 40.1. The highest BCUT2D eigenvalue weighted by Gasteiger charge is 2.42. The van der Waals surface area contributed by atoms with E-state index in [2.05, 4.69) is 15.0 Å². The van der Waals surface area contributed by atoms with Crippen molar-refractivity contribution >= 4 is 35.1 Å². The second kappa shape index (κ2) is 13.8. The van der Waals surface area contributed by atoms with Crippen molar-refractivity contribution in [2.45, 2.75) is 45.9 Å². The van der Waals surface area contributed by atoms with E-state index in [1.807, 2.05) is 38.3 Å². The van der Waals surface area contributed by atoms with Crippen LogP contribution in [0.5, 0.6) is 11.5 Å². The van der Waals surface area contributed by atoms with Crippen LogP contribution >= 0.6 is 0 Å². The molecule has 2 heterocycles. The highest BCUT2D eigenvalue weighted by Crippen LogP contribution is 2.41. The number of carbonyl (C=O) groups is 2. The number of carbonyl (C=O) groups excluding carboxylic acids is 2. The molecule has 0 saturated carbocycles. The summed E-state index contributed by atoms with van der Waals surface area (Å²) in [5.41, 5.74) is 3.69. The van der Waals surface area contributed by atoms with Crippen LogP contribution in [-0.4, -0.2) is 48.3 Å². The van der Waals surface area contributed by atoms with Gasteiger partial charge in [0.15, 0.2) is 0 Å². The number of hydrogen-bond donors (Lipinski definition) is 1. The Morgan fingerprint density at radius 1 is 1.02 bits per heavy atom. The molecule has 5 rings (SSSR count). The SMILES string of the molecule is CC1=C(c2cccc(OC(F)(F)F)c2)NC(=O)C2(CC1)CCN(/C=C/c1ccc(N(C)C(=O)Oc3ccc([N+](=O)[O-])cc3)cc1C)CC2. The van der Waals surface area contributed by atoms with Crippen molar-refractivity contribution in [2.75, 3.05) is 25.0 Å². The minimum absolute atomic E-state index is 0.103. The number of nitrogens with one attached hydrogen (secondary N) is 1. The number of alkyl halides is 3. The minimum Gasteiger partial charge on any atom is -0.410 e. The molecule has 252 valence electrons. The maximum absolute atomic E-state index is 13.6. The number of nitro groups is 1.